The van der Waals surface area contributed by atoms with Gasteiger partial charge in [-0.15, -0.1) is 0 Å². The number of nitrogens with zero attached hydrogens (tertiary/aromatic N) is 2. The molecule has 96 valence electrons. The molecule has 5 nitrogen and oxygen atoms in total. The molecule has 5 heteroatoms. The number of pyridine rings is 1. The number of amides is 1. The Morgan fingerprint density at radius 3 is 3.17 bits per heavy atom. The number of carbonyl (C=O) groups excluding carboxylic acids is 1. The van der Waals surface area contributed by atoms with Gasteiger partial charge in [0, 0.05) is 32.5 Å². The first-order valence-corrected chi connectivity index (χ1v) is 5.89. The van der Waals surface area contributed by atoms with E-state index in [1.807, 2.05) is 35.9 Å². The fourth-order valence-corrected chi connectivity index (χ4v) is 1.77. The predicted octanol–water partition coefficient (Wildman–Crippen LogP) is 0.948. The minimum absolute atomic E-state index is 0.0999. The molecule has 2 heterocycles. The summed E-state index contributed by atoms with van der Waals surface area (Å²) >= 11 is 0. The average Bonchev–Trinajstić information content (AvgIpc) is 2.71. The van der Waals surface area contributed by atoms with E-state index in [1.165, 1.54) is 12.7 Å². The Hall–Kier alpha value is -1.88. The maximum Gasteiger partial charge on any atom is 0.245 e. The Morgan fingerprint density at radius 2 is 2.39 bits per heavy atom. The monoisotopic (exact) mass is 247 g/mol. The summed E-state index contributed by atoms with van der Waals surface area (Å²) in [6.07, 6.45) is 4.69. The molecule has 0 aliphatic rings. The molecular formula is C13H17N3O2. The molecule has 0 saturated carbocycles. The first kappa shape index (κ1) is 12.6. The van der Waals surface area contributed by atoms with Crippen molar-refractivity contribution in [2.24, 2.45) is 0 Å². The molecule has 0 bridgehead atoms. The van der Waals surface area contributed by atoms with Crippen molar-refractivity contribution < 1.29 is 9.53 Å². The number of imidazole rings is 1. The lowest BCUT2D eigenvalue weighted by Crippen LogP contribution is -2.29. The number of aryl methyl sites for hydroxylation is 1. The van der Waals surface area contributed by atoms with Gasteiger partial charge in [-0.2, -0.15) is 0 Å². The number of fused-ring (bicyclic) bond motifs is 1. The number of nitrogens with one attached hydrogen (secondary N) is 1. The molecule has 0 spiro atoms. The Kier molecular flexibility index (Phi) is 3.94. The van der Waals surface area contributed by atoms with E-state index in [2.05, 4.69) is 10.3 Å². The molecule has 2 aromatic heterocycles. The van der Waals surface area contributed by atoms with Gasteiger partial charge in [0.2, 0.25) is 5.91 Å². The average molecular weight is 247 g/mol. The molecule has 0 atom stereocenters. The van der Waals surface area contributed by atoms with Gasteiger partial charge < -0.3 is 14.5 Å². The van der Waals surface area contributed by atoms with Crippen molar-refractivity contribution >= 4 is 11.6 Å². The topological polar surface area (TPSA) is 55.6 Å². The van der Waals surface area contributed by atoms with Gasteiger partial charge >= 0.3 is 0 Å². The largest absolute Gasteiger partial charge is 0.375 e. The van der Waals surface area contributed by atoms with Crippen LogP contribution in [0.3, 0.4) is 0 Å². The highest BCUT2D eigenvalue weighted by molar-refractivity contribution is 5.77. The van der Waals surface area contributed by atoms with E-state index < -0.39 is 0 Å². The lowest BCUT2D eigenvalue weighted by molar-refractivity contribution is -0.124. The van der Waals surface area contributed by atoms with Gasteiger partial charge in [-0.05, 0) is 24.6 Å². The molecular weight excluding hydrogens is 230 g/mol. The summed E-state index contributed by atoms with van der Waals surface area (Å²) in [6, 6.07) is 4.08. The van der Waals surface area contributed by atoms with Gasteiger partial charge in [-0.3, -0.25) is 4.79 Å². The molecule has 1 N–H and O–H groups in total. The van der Waals surface area contributed by atoms with Crippen molar-refractivity contribution in [3.05, 3.63) is 35.8 Å². The highest BCUT2D eigenvalue weighted by Gasteiger charge is 2.03. The summed E-state index contributed by atoms with van der Waals surface area (Å²) in [6.45, 7) is 2.72. The molecule has 0 saturated heterocycles. The summed E-state index contributed by atoms with van der Waals surface area (Å²) in [5.41, 5.74) is 3.10. The number of hydrogen-bond donors (Lipinski definition) is 1. The van der Waals surface area contributed by atoms with Crippen LogP contribution in [0.1, 0.15) is 11.3 Å². The zero-order chi connectivity index (χ0) is 13.0. The van der Waals surface area contributed by atoms with Gasteiger partial charge in [0.1, 0.15) is 12.3 Å². The zero-order valence-electron chi connectivity index (χ0n) is 10.6. The third kappa shape index (κ3) is 3.07. The van der Waals surface area contributed by atoms with Gasteiger partial charge in [0.15, 0.2) is 0 Å². The predicted molar refractivity (Wildman–Crippen MR) is 68.5 cm³/mol. The van der Waals surface area contributed by atoms with Crippen LogP contribution >= 0.6 is 0 Å². The van der Waals surface area contributed by atoms with E-state index >= 15 is 0 Å². The van der Waals surface area contributed by atoms with Crippen molar-refractivity contribution in [3.8, 4) is 0 Å². The zero-order valence-corrected chi connectivity index (χ0v) is 10.6. The van der Waals surface area contributed by atoms with Gasteiger partial charge in [-0.25, -0.2) is 4.98 Å². The second-order valence-electron chi connectivity index (χ2n) is 4.23. The van der Waals surface area contributed by atoms with Gasteiger partial charge in [0.25, 0.3) is 0 Å². The standard InChI is InChI=1S/C13H17N3O2/c1-10-4-6-16-8-11(15-12(16)7-10)3-5-14-13(17)9-18-2/h4,6-8H,3,5,9H2,1-2H3,(H,14,17). The van der Waals surface area contributed by atoms with E-state index in [-0.39, 0.29) is 12.5 Å². The molecule has 0 radical (unpaired) electrons. The number of rotatable bonds is 5. The number of aromatic nitrogens is 2. The van der Waals surface area contributed by atoms with Crippen LogP contribution in [0.4, 0.5) is 0 Å². The highest BCUT2D eigenvalue weighted by atomic mass is 16.5. The third-order valence-corrected chi connectivity index (χ3v) is 2.64. The maximum absolute atomic E-state index is 11.2. The summed E-state index contributed by atoms with van der Waals surface area (Å²) in [4.78, 5) is 15.7. The fourth-order valence-electron chi connectivity index (χ4n) is 1.77. The van der Waals surface area contributed by atoms with Crippen LogP contribution in [0.2, 0.25) is 0 Å². The smallest absolute Gasteiger partial charge is 0.245 e. The van der Waals surface area contributed by atoms with Crippen molar-refractivity contribution in [2.75, 3.05) is 20.3 Å². The van der Waals surface area contributed by atoms with Gasteiger partial charge in [0.05, 0.1) is 5.69 Å². The molecule has 2 aromatic rings. The molecule has 2 rings (SSSR count). The Balaban J connectivity index is 1.94. The second-order valence-corrected chi connectivity index (χ2v) is 4.23. The van der Waals surface area contributed by atoms with E-state index in [0.717, 1.165) is 17.8 Å². The molecule has 1 amide bonds. The first-order valence-electron chi connectivity index (χ1n) is 5.89. The molecule has 0 fully saturated rings. The second kappa shape index (κ2) is 5.64. The summed E-state index contributed by atoms with van der Waals surface area (Å²) in [7, 11) is 1.50. The van der Waals surface area contributed by atoms with Crippen molar-refractivity contribution in [2.45, 2.75) is 13.3 Å². The maximum atomic E-state index is 11.2. The highest BCUT2D eigenvalue weighted by Crippen LogP contribution is 2.07. The van der Waals surface area contributed by atoms with Gasteiger partial charge in [-0.1, -0.05) is 0 Å². The van der Waals surface area contributed by atoms with Crippen LogP contribution in [-0.4, -0.2) is 35.6 Å². The number of hydrogen-bond acceptors (Lipinski definition) is 3. The normalized spacial score (nSPS) is 10.8. The van der Waals surface area contributed by atoms with Crippen molar-refractivity contribution in [1.82, 2.24) is 14.7 Å². The molecule has 18 heavy (non-hydrogen) atoms. The van der Waals surface area contributed by atoms with E-state index in [4.69, 9.17) is 4.74 Å². The van der Waals surface area contributed by atoms with Crippen LogP contribution in [-0.2, 0) is 16.0 Å². The van der Waals surface area contributed by atoms with Crippen LogP contribution in [0.25, 0.3) is 5.65 Å². The van der Waals surface area contributed by atoms with E-state index in [1.54, 1.807) is 0 Å². The molecule has 0 unspecified atom stereocenters. The Morgan fingerprint density at radius 1 is 1.56 bits per heavy atom. The minimum Gasteiger partial charge on any atom is -0.375 e. The van der Waals surface area contributed by atoms with Crippen LogP contribution in [0, 0.1) is 6.92 Å². The van der Waals surface area contributed by atoms with Crippen molar-refractivity contribution in [1.29, 1.82) is 0 Å². The SMILES string of the molecule is COCC(=O)NCCc1cn2ccc(C)cc2n1. The summed E-state index contributed by atoms with van der Waals surface area (Å²) < 4.78 is 6.72. The number of ether oxygens (including phenoxy) is 1. The lowest BCUT2D eigenvalue weighted by atomic mass is 10.3. The van der Waals surface area contributed by atoms with Crippen LogP contribution < -0.4 is 5.32 Å². The van der Waals surface area contributed by atoms with Crippen molar-refractivity contribution in [3.63, 3.8) is 0 Å². The quantitative estimate of drug-likeness (QED) is 0.855. The van der Waals surface area contributed by atoms with Crippen LogP contribution in [0.5, 0.6) is 0 Å². The first-order chi connectivity index (χ1) is 8.69. The van der Waals surface area contributed by atoms with E-state index in [9.17, 15) is 4.79 Å². The lowest BCUT2D eigenvalue weighted by Gasteiger charge is -2.01. The molecule has 0 aliphatic heterocycles. The third-order valence-electron chi connectivity index (χ3n) is 2.64. The summed E-state index contributed by atoms with van der Waals surface area (Å²) in [5.74, 6) is -0.0999. The van der Waals surface area contributed by atoms with E-state index in [0.29, 0.717) is 6.54 Å². The van der Waals surface area contributed by atoms with Crippen LogP contribution in [0.15, 0.2) is 24.5 Å². The Bertz CT molecular complexity index is 548. The number of carbonyl (C=O) groups is 1. The number of methoxy groups -OCH3 is 1. The molecule has 0 aromatic carbocycles. The fraction of sp³-hybridized carbons (Fsp3) is 0.385. The minimum atomic E-state index is -0.0999. The Labute approximate surface area is 106 Å². The molecule has 0 aliphatic carbocycles. The summed E-state index contributed by atoms with van der Waals surface area (Å²) in [5, 5.41) is 2.77.